The number of nitrogens with two attached hydrogens (primary N) is 1. The summed E-state index contributed by atoms with van der Waals surface area (Å²) in [7, 11) is 0. The summed E-state index contributed by atoms with van der Waals surface area (Å²) < 4.78 is 7.56. The number of anilines is 1. The average molecular weight is 405 g/mol. The standard InChI is InChI=1S/C18H21ClN6OS/c1-12-10-13(19)2-3-14(12)27-18-23-15-16(20)21-11-22-17(15)25(18)5-4-24-6-8-26-9-7-24/h2-3,10-11H,4-9H2,1H3,(H2,20,21,22). The van der Waals surface area contributed by atoms with Gasteiger partial charge < -0.3 is 15.0 Å². The third-order valence-corrected chi connectivity index (χ3v) is 6.01. The molecule has 2 aromatic heterocycles. The molecule has 0 radical (unpaired) electrons. The molecule has 4 rings (SSSR count). The Labute approximate surface area is 166 Å². The molecule has 0 atom stereocenters. The molecule has 0 spiro atoms. The van der Waals surface area contributed by atoms with Crippen molar-refractivity contribution in [3.05, 3.63) is 35.1 Å². The first-order valence-corrected chi connectivity index (χ1v) is 10.0. The quantitative estimate of drug-likeness (QED) is 0.700. The van der Waals surface area contributed by atoms with Gasteiger partial charge in [-0.3, -0.25) is 4.90 Å². The molecule has 1 saturated heterocycles. The second kappa shape index (κ2) is 8.02. The number of hydrogen-bond acceptors (Lipinski definition) is 7. The zero-order valence-corrected chi connectivity index (χ0v) is 16.6. The van der Waals surface area contributed by atoms with Crippen molar-refractivity contribution in [1.29, 1.82) is 0 Å². The van der Waals surface area contributed by atoms with Crippen LogP contribution >= 0.6 is 23.4 Å². The molecule has 0 saturated carbocycles. The van der Waals surface area contributed by atoms with Crippen LogP contribution in [0.4, 0.5) is 5.82 Å². The molecule has 142 valence electrons. The third-order valence-electron chi connectivity index (χ3n) is 4.61. The first-order valence-electron chi connectivity index (χ1n) is 8.82. The predicted octanol–water partition coefficient (Wildman–Crippen LogP) is 2.85. The van der Waals surface area contributed by atoms with Crippen molar-refractivity contribution >= 4 is 40.3 Å². The lowest BCUT2D eigenvalue weighted by molar-refractivity contribution is 0.0362. The van der Waals surface area contributed by atoms with Crippen LogP contribution in [0, 0.1) is 6.92 Å². The molecular weight excluding hydrogens is 384 g/mol. The molecule has 0 unspecified atom stereocenters. The van der Waals surface area contributed by atoms with Crippen LogP contribution in [-0.2, 0) is 11.3 Å². The van der Waals surface area contributed by atoms with Gasteiger partial charge in [0.1, 0.15) is 6.33 Å². The van der Waals surface area contributed by atoms with Gasteiger partial charge in [0.25, 0.3) is 0 Å². The minimum Gasteiger partial charge on any atom is -0.382 e. The van der Waals surface area contributed by atoms with E-state index in [4.69, 9.17) is 27.1 Å². The van der Waals surface area contributed by atoms with Crippen LogP contribution in [0.1, 0.15) is 5.56 Å². The van der Waals surface area contributed by atoms with Gasteiger partial charge in [-0.2, -0.15) is 0 Å². The summed E-state index contributed by atoms with van der Waals surface area (Å²) in [6.07, 6.45) is 1.49. The lowest BCUT2D eigenvalue weighted by Gasteiger charge is -2.26. The maximum atomic E-state index is 6.09. The number of fused-ring (bicyclic) bond motifs is 1. The fraction of sp³-hybridized carbons (Fsp3) is 0.389. The molecular formula is C18H21ClN6OS. The molecule has 1 aliphatic rings. The fourth-order valence-electron chi connectivity index (χ4n) is 3.11. The Hall–Kier alpha value is -1.87. The monoisotopic (exact) mass is 404 g/mol. The highest BCUT2D eigenvalue weighted by molar-refractivity contribution is 7.99. The van der Waals surface area contributed by atoms with Crippen LogP contribution in [-0.4, -0.2) is 57.3 Å². The van der Waals surface area contributed by atoms with E-state index in [0.717, 1.165) is 65.7 Å². The van der Waals surface area contributed by atoms with E-state index in [0.29, 0.717) is 11.3 Å². The Morgan fingerprint density at radius 2 is 2.04 bits per heavy atom. The smallest absolute Gasteiger partial charge is 0.175 e. The number of aromatic nitrogens is 4. The van der Waals surface area contributed by atoms with Crippen LogP contribution in [0.25, 0.3) is 11.2 Å². The van der Waals surface area contributed by atoms with Gasteiger partial charge in [-0.15, -0.1) is 0 Å². The Kier molecular flexibility index (Phi) is 5.49. The maximum Gasteiger partial charge on any atom is 0.175 e. The van der Waals surface area contributed by atoms with E-state index in [-0.39, 0.29) is 0 Å². The van der Waals surface area contributed by atoms with E-state index >= 15 is 0 Å². The number of nitrogens with zero attached hydrogens (tertiary/aromatic N) is 5. The number of imidazole rings is 1. The lowest BCUT2D eigenvalue weighted by Crippen LogP contribution is -2.38. The molecule has 7 nitrogen and oxygen atoms in total. The minimum atomic E-state index is 0.403. The third kappa shape index (κ3) is 4.03. The van der Waals surface area contributed by atoms with Crippen LogP contribution in [0.5, 0.6) is 0 Å². The topological polar surface area (TPSA) is 82.1 Å². The summed E-state index contributed by atoms with van der Waals surface area (Å²) in [6, 6.07) is 5.87. The summed E-state index contributed by atoms with van der Waals surface area (Å²) in [5, 5.41) is 1.59. The Morgan fingerprint density at radius 1 is 1.22 bits per heavy atom. The molecule has 2 N–H and O–H groups in total. The van der Waals surface area contributed by atoms with Crippen molar-refractivity contribution in [2.24, 2.45) is 0 Å². The molecule has 3 aromatic rings. The Balaban J connectivity index is 1.66. The van der Waals surface area contributed by atoms with E-state index in [1.165, 1.54) is 6.33 Å². The first-order chi connectivity index (χ1) is 13.1. The van der Waals surface area contributed by atoms with Gasteiger partial charge in [-0.1, -0.05) is 23.4 Å². The van der Waals surface area contributed by atoms with Crippen LogP contribution in [0.3, 0.4) is 0 Å². The largest absolute Gasteiger partial charge is 0.382 e. The Bertz CT molecular complexity index is 956. The molecule has 27 heavy (non-hydrogen) atoms. The molecule has 9 heteroatoms. The molecule has 1 fully saturated rings. The highest BCUT2D eigenvalue weighted by Gasteiger charge is 2.18. The van der Waals surface area contributed by atoms with Crippen LogP contribution < -0.4 is 5.73 Å². The molecule has 1 aliphatic heterocycles. The van der Waals surface area contributed by atoms with Gasteiger partial charge in [-0.25, -0.2) is 15.0 Å². The van der Waals surface area contributed by atoms with E-state index < -0.39 is 0 Å². The van der Waals surface area contributed by atoms with Crippen molar-refractivity contribution in [2.75, 3.05) is 38.6 Å². The number of hydrogen-bond donors (Lipinski definition) is 1. The highest BCUT2D eigenvalue weighted by atomic mass is 35.5. The van der Waals surface area contributed by atoms with Crippen molar-refractivity contribution in [3.63, 3.8) is 0 Å². The molecule has 0 aliphatic carbocycles. The maximum absolute atomic E-state index is 6.09. The number of halogens is 1. The summed E-state index contributed by atoms with van der Waals surface area (Å²) >= 11 is 7.69. The van der Waals surface area contributed by atoms with Gasteiger partial charge in [0, 0.05) is 36.1 Å². The number of rotatable bonds is 5. The summed E-state index contributed by atoms with van der Waals surface area (Å²) in [5.41, 5.74) is 8.56. The summed E-state index contributed by atoms with van der Waals surface area (Å²) in [4.78, 5) is 16.8. The van der Waals surface area contributed by atoms with Crippen molar-refractivity contribution in [2.45, 2.75) is 23.5 Å². The number of benzene rings is 1. The van der Waals surface area contributed by atoms with E-state index in [1.807, 2.05) is 25.1 Å². The predicted molar refractivity (Wildman–Crippen MR) is 107 cm³/mol. The van der Waals surface area contributed by atoms with Crippen molar-refractivity contribution < 1.29 is 4.74 Å². The van der Waals surface area contributed by atoms with Gasteiger partial charge in [0.05, 0.1) is 13.2 Å². The summed E-state index contributed by atoms with van der Waals surface area (Å²) in [5.74, 6) is 0.403. The molecule has 3 heterocycles. The van der Waals surface area contributed by atoms with Crippen LogP contribution in [0.15, 0.2) is 34.6 Å². The average Bonchev–Trinajstić information content (AvgIpc) is 3.02. The number of nitrogen functional groups attached to an aromatic ring is 1. The number of ether oxygens (including phenoxy) is 1. The minimum absolute atomic E-state index is 0.403. The first kappa shape index (κ1) is 18.5. The summed E-state index contributed by atoms with van der Waals surface area (Å²) in [6.45, 7) is 7.19. The van der Waals surface area contributed by atoms with Gasteiger partial charge in [0.15, 0.2) is 22.1 Å². The normalized spacial score (nSPS) is 15.5. The highest BCUT2D eigenvalue weighted by Crippen LogP contribution is 2.33. The number of aryl methyl sites for hydroxylation is 1. The molecule has 1 aromatic carbocycles. The van der Waals surface area contributed by atoms with E-state index in [1.54, 1.807) is 11.8 Å². The molecule has 0 amide bonds. The van der Waals surface area contributed by atoms with E-state index in [2.05, 4.69) is 19.4 Å². The van der Waals surface area contributed by atoms with Crippen LogP contribution in [0.2, 0.25) is 5.02 Å². The fourth-order valence-corrected chi connectivity index (χ4v) is 4.31. The Morgan fingerprint density at radius 3 is 2.81 bits per heavy atom. The SMILES string of the molecule is Cc1cc(Cl)ccc1Sc1nc2c(N)ncnc2n1CCN1CCOCC1. The molecule has 0 bridgehead atoms. The van der Waals surface area contributed by atoms with Gasteiger partial charge in [0.2, 0.25) is 0 Å². The van der Waals surface area contributed by atoms with Gasteiger partial charge >= 0.3 is 0 Å². The van der Waals surface area contributed by atoms with Crippen molar-refractivity contribution in [3.8, 4) is 0 Å². The lowest BCUT2D eigenvalue weighted by atomic mass is 10.2. The zero-order valence-electron chi connectivity index (χ0n) is 15.1. The second-order valence-electron chi connectivity index (χ2n) is 6.44. The van der Waals surface area contributed by atoms with Crippen molar-refractivity contribution in [1.82, 2.24) is 24.4 Å². The zero-order chi connectivity index (χ0) is 18.8. The second-order valence-corrected chi connectivity index (χ2v) is 7.89. The van der Waals surface area contributed by atoms with E-state index in [9.17, 15) is 0 Å². The van der Waals surface area contributed by atoms with Gasteiger partial charge in [-0.05, 0) is 30.7 Å². The number of morpholine rings is 1.